The van der Waals surface area contributed by atoms with Crippen LogP contribution in [0.2, 0.25) is 0 Å². The summed E-state index contributed by atoms with van der Waals surface area (Å²) in [5, 5.41) is 14.1. The van der Waals surface area contributed by atoms with Crippen LogP contribution in [0.1, 0.15) is 26.4 Å². The summed E-state index contributed by atoms with van der Waals surface area (Å²) in [5.41, 5.74) is 8.19. The van der Waals surface area contributed by atoms with Gasteiger partial charge in [-0.05, 0) is 18.2 Å². The molecule has 6 heteroatoms. The second-order valence-electron chi connectivity index (χ2n) is 6.45. The third kappa shape index (κ3) is 3.39. The van der Waals surface area contributed by atoms with Crippen molar-refractivity contribution in [2.75, 3.05) is 5.73 Å². The number of benzene rings is 3. The van der Waals surface area contributed by atoms with Crippen LogP contribution in [0.4, 0.5) is 5.69 Å². The second kappa shape index (κ2) is 7.44. The lowest BCUT2D eigenvalue weighted by atomic mass is 9.97. The molecule has 4 rings (SSSR count). The van der Waals surface area contributed by atoms with Gasteiger partial charge >= 0.3 is 5.97 Å². The van der Waals surface area contributed by atoms with Gasteiger partial charge in [0, 0.05) is 16.8 Å². The maximum absolute atomic E-state index is 13.3. The fourth-order valence-corrected chi connectivity index (χ4v) is 3.22. The number of carbonyl (C=O) groups is 2. The molecule has 0 saturated carbocycles. The highest BCUT2D eigenvalue weighted by Crippen LogP contribution is 2.31. The molecular weight excluding hydrogens is 366 g/mol. The number of anilines is 1. The highest BCUT2D eigenvalue weighted by molar-refractivity contribution is 6.17. The average Bonchev–Trinajstić information content (AvgIpc) is 3.15. The topological polar surface area (TPSA) is 98.2 Å². The third-order valence-electron chi connectivity index (χ3n) is 4.51. The Hall–Kier alpha value is -4.19. The summed E-state index contributed by atoms with van der Waals surface area (Å²) in [4.78, 5) is 25.3. The molecule has 0 saturated heterocycles. The van der Waals surface area contributed by atoms with Gasteiger partial charge in [0.1, 0.15) is 0 Å². The van der Waals surface area contributed by atoms with Crippen molar-refractivity contribution in [2.24, 2.45) is 0 Å². The smallest absolute Gasteiger partial charge is 0.357 e. The van der Waals surface area contributed by atoms with E-state index in [1.165, 1.54) is 4.68 Å². The van der Waals surface area contributed by atoms with Gasteiger partial charge in [-0.1, -0.05) is 66.7 Å². The van der Waals surface area contributed by atoms with E-state index in [4.69, 9.17) is 5.73 Å². The number of rotatable bonds is 5. The van der Waals surface area contributed by atoms with Crippen LogP contribution in [0.15, 0.2) is 84.9 Å². The lowest BCUT2D eigenvalue weighted by Crippen LogP contribution is -2.09. The molecule has 1 heterocycles. The van der Waals surface area contributed by atoms with Crippen LogP contribution in [-0.4, -0.2) is 26.6 Å². The van der Waals surface area contributed by atoms with Gasteiger partial charge in [0.25, 0.3) is 0 Å². The van der Waals surface area contributed by atoms with Crippen LogP contribution < -0.4 is 5.73 Å². The molecule has 0 unspecified atom stereocenters. The fraction of sp³-hybridized carbons (Fsp3) is 0. The molecule has 6 nitrogen and oxygen atoms in total. The van der Waals surface area contributed by atoms with Crippen LogP contribution in [0.3, 0.4) is 0 Å². The number of carboxylic acids is 1. The largest absolute Gasteiger partial charge is 0.476 e. The molecule has 1 aromatic heterocycles. The molecule has 3 aromatic carbocycles. The molecule has 0 fully saturated rings. The third-order valence-corrected chi connectivity index (χ3v) is 4.51. The number of ketones is 1. The average molecular weight is 383 g/mol. The number of carbonyl (C=O) groups excluding carboxylic acids is 1. The van der Waals surface area contributed by atoms with Gasteiger partial charge in [0.05, 0.1) is 16.9 Å². The summed E-state index contributed by atoms with van der Waals surface area (Å²) in [6.07, 6.45) is 0. The first kappa shape index (κ1) is 18.2. The summed E-state index contributed by atoms with van der Waals surface area (Å²) in [6, 6.07) is 24.6. The van der Waals surface area contributed by atoms with Crippen molar-refractivity contribution in [1.82, 2.24) is 9.78 Å². The molecule has 0 spiro atoms. The number of aromatic carboxylic acids is 1. The van der Waals surface area contributed by atoms with E-state index in [1.807, 2.05) is 30.3 Å². The molecule has 0 atom stereocenters. The van der Waals surface area contributed by atoms with Crippen molar-refractivity contribution in [3.63, 3.8) is 0 Å². The lowest BCUT2D eigenvalue weighted by Gasteiger charge is -2.10. The van der Waals surface area contributed by atoms with E-state index >= 15 is 0 Å². The van der Waals surface area contributed by atoms with E-state index in [9.17, 15) is 14.7 Å². The Morgan fingerprint density at radius 3 is 2.14 bits per heavy atom. The zero-order chi connectivity index (χ0) is 20.4. The number of carboxylic acid groups (broad SMARTS) is 1. The van der Waals surface area contributed by atoms with Crippen LogP contribution in [0, 0.1) is 0 Å². The van der Waals surface area contributed by atoms with Gasteiger partial charge in [0.15, 0.2) is 11.5 Å². The van der Waals surface area contributed by atoms with Crippen molar-refractivity contribution in [3.8, 4) is 16.9 Å². The fourth-order valence-electron chi connectivity index (χ4n) is 3.22. The molecule has 0 radical (unpaired) electrons. The summed E-state index contributed by atoms with van der Waals surface area (Å²) in [6.45, 7) is 0. The van der Waals surface area contributed by atoms with E-state index in [2.05, 4.69) is 5.10 Å². The summed E-state index contributed by atoms with van der Waals surface area (Å²) in [7, 11) is 0. The van der Waals surface area contributed by atoms with Crippen molar-refractivity contribution < 1.29 is 14.7 Å². The van der Waals surface area contributed by atoms with Crippen molar-refractivity contribution >= 4 is 17.4 Å². The van der Waals surface area contributed by atoms with Crippen LogP contribution in [0.25, 0.3) is 16.9 Å². The number of hydrogen-bond donors (Lipinski definition) is 2. The normalized spacial score (nSPS) is 10.6. The van der Waals surface area contributed by atoms with Crippen molar-refractivity contribution in [1.29, 1.82) is 0 Å². The Morgan fingerprint density at radius 2 is 1.52 bits per heavy atom. The first-order valence-electron chi connectivity index (χ1n) is 8.93. The molecular formula is C23H17N3O3. The number of aromatic nitrogens is 2. The molecule has 0 aliphatic rings. The van der Waals surface area contributed by atoms with E-state index in [0.717, 1.165) is 0 Å². The first-order chi connectivity index (χ1) is 14.1. The summed E-state index contributed by atoms with van der Waals surface area (Å²) in [5.74, 6) is -1.68. The first-order valence-corrected chi connectivity index (χ1v) is 8.93. The monoisotopic (exact) mass is 383 g/mol. The van der Waals surface area contributed by atoms with Crippen LogP contribution >= 0.6 is 0 Å². The molecule has 29 heavy (non-hydrogen) atoms. The predicted molar refractivity (Wildman–Crippen MR) is 110 cm³/mol. The molecule has 0 aliphatic heterocycles. The highest BCUT2D eigenvalue weighted by Gasteiger charge is 2.29. The Balaban J connectivity index is 2.05. The number of hydrogen-bond acceptors (Lipinski definition) is 4. The lowest BCUT2D eigenvalue weighted by molar-refractivity contribution is 0.0686. The van der Waals surface area contributed by atoms with E-state index in [-0.39, 0.29) is 11.3 Å². The van der Waals surface area contributed by atoms with Gasteiger partial charge in [-0.2, -0.15) is 5.10 Å². The minimum absolute atomic E-state index is 0.0392. The molecule has 0 amide bonds. The van der Waals surface area contributed by atoms with Crippen molar-refractivity contribution in [2.45, 2.75) is 0 Å². The van der Waals surface area contributed by atoms with E-state index in [1.54, 1.807) is 54.6 Å². The number of nitrogens with two attached hydrogens (primary N) is 1. The second-order valence-corrected chi connectivity index (χ2v) is 6.45. The Kier molecular flexibility index (Phi) is 4.66. The molecule has 142 valence electrons. The van der Waals surface area contributed by atoms with Gasteiger partial charge in [-0.3, -0.25) is 4.79 Å². The summed E-state index contributed by atoms with van der Waals surface area (Å²) >= 11 is 0. The standard InChI is InChI=1S/C23H17N3O3/c24-17-12-7-13-18(14-17)26-21(15-8-3-1-4-9-15)19(20(25-26)23(28)29)22(27)16-10-5-2-6-11-16/h1-14H,24H2,(H,28,29). The minimum atomic E-state index is -1.27. The Morgan fingerprint density at radius 1 is 0.862 bits per heavy atom. The van der Waals surface area contributed by atoms with Gasteiger partial charge in [-0.25, -0.2) is 9.48 Å². The van der Waals surface area contributed by atoms with E-state index < -0.39 is 11.8 Å². The zero-order valence-electron chi connectivity index (χ0n) is 15.3. The summed E-state index contributed by atoms with van der Waals surface area (Å²) < 4.78 is 1.46. The SMILES string of the molecule is Nc1cccc(-n2nc(C(=O)O)c(C(=O)c3ccccc3)c2-c2ccccc2)c1. The quantitative estimate of drug-likeness (QED) is 0.400. The predicted octanol–water partition coefficient (Wildman–Crippen LogP) is 4.05. The van der Waals surface area contributed by atoms with Gasteiger partial charge in [0.2, 0.25) is 0 Å². The van der Waals surface area contributed by atoms with Crippen LogP contribution in [0.5, 0.6) is 0 Å². The zero-order valence-corrected chi connectivity index (χ0v) is 15.3. The number of nitrogens with zero attached hydrogens (tertiary/aromatic N) is 2. The highest BCUT2D eigenvalue weighted by atomic mass is 16.4. The molecule has 4 aromatic rings. The van der Waals surface area contributed by atoms with Crippen molar-refractivity contribution in [3.05, 3.63) is 102 Å². The molecule has 0 bridgehead atoms. The van der Waals surface area contributed by atoms with Gasteiger partial charge < -0.3 is 10.8 Å². The molecule has 3 N–H and O–H groups in total. The van der Waals surface area contributed by atoms with E-state index in [0.29, 0.717) is 28.2 Å². The Bertz CT molecular complexity index is 1200. The van der Waals surface area contributed by atoms with Gasteiger partial charge in [-0.15, -0.1) is 0 Å². The van der Waals surface area contributed by atoms with Crippen LogP contribution in [-0.2, 0) is 0 Å². The minimum Gasteiger partial charge on any atom is -0.476 e. The Labute approximate surface area is 166 Å². The maximum Gasteiger partial charge on any atom is 0.357 e. The molecule has 0 aliphatic carbocycles. The number of nitrogen functional groups attached to an aromatic ring is 1. The maximum atomic E-state index is 13.3.